The van der Waals surface area contributed by atoms with Crippen LogP contribution < -0.4 is 10.6 Å². The van der Waals surface area contributed by atoms with Crippen LogP contribution in [0.5, 0.6) is 0 Å². The number of anilines is 2. The van der Waals surface area contributed by atoms with Crippen LogP contribution in [0, 0.1) is 6.92 Å². The van der Waals surface area contributed by atoms with Crippen molar-refractivity contribution in [2.24, 2.45) is 0 Å². The molecule has 4 nitrogen and oxygen atoms in total. The summed E-state index contributed by atoms with van der Waals surface area (Å²) in [6.07, 6.45) is 1.79. The second-order valence-corrected chi connectivity index (χ2v) is 4.83. The van der Waals surface area contributed by atoms with Gasteiger partial charge in [-0.1, -0.05) is 12.1 Å². The highest BCUT2D eigenvalue weighted by atomic mass is 16.1. The van der Waals surface area contributed by atoms with Gasteiger partial charge in [0, 0.05) is 24.5 Å². The van der Waals surface area contributed by atoms with Crippen molar-refractivity contribution in [3.8, 4) is 0 Å². The highest BCUT2D eigenvalue weighted by Gasteiger charge is 2.08. The molecule has 0 spiro atoms. The van der Waals surface area contributed by atoms with Crippen LogP contribution in [0.25, 0.3) is 0 Å². The van der Waals surface area contributed by atoms with Crippen molar-refractivity contribution in [3.05, 3.63) is 53.9 Å². The van der Waals surface area contributed by atoms with Crippen LogP contribution in [0.1, 0.15) is 31.1 Å². The first-order valence-corrected chi connectivity index (χ1v) is 6.62. The maximum absolute atomic E-state index is 11.1. The van der Waals surface area contributed by atoms with E-state index in [0.717, 1.165) is 22.6 Å². The molecule has 4 heteroatoms. The second-order valence-electron chi connectivity index (χ2n) is 4.83. The van der Waals surface area contributed by atoms with Gasteiger partial charge in [0.1, 0.15) is 0 Å². The van der Waals surface area contributed by atoms with Gasteiger partial charge >= 0.3 is 0 Å². The second kappa shape index (κ2) is 6.19. The summed E-state index contributed by atoms with van der Waals surface area (Å²) in [7, 11) is 0. The molecule has 2 N–H and O–H groups in total. The zero-order valence-electron chi connectivity index (χ0n) is 12.0. The molecule has 0 fully saturated rings. The first-order chi connectivity index (χ1) is 9.56. The minimum absolute atomic E-state index is 0.0717. The predicted molar refractivity (Wildman–Crippen MR) is 81.8 cm³/mol. The molecule has 0 aliphatic rings. The zero-order chi connectivity index (χ0) is 14.5. The number of nitrogens with one attached hydrogen (secondary N) is 2. The Balaban J connectivity index is 2.18. The number of rotatable bonds is 4. The van der Waals surface area contributed by atoms with Crippen molar-refractivity contribution < 1.29 is 4.79 Å². The van der Waals surface area contributed by atoms with Crippen LogP contribution in [0.4, 0.5) is 11.4 Å². The Bertz CT molecular complexity index is 596. The number of carbonyl (C=O) groups is 1. The van der Waals surface area contributed by atoms with E-state index in [1.807, 2.05) is 43.3 Å². The molecule has 1 unspecified atom stereocenters. The van der Waals surface area contributed by atoms with Crippen LogP contribution in [0.3, 0.4) is 0 Å². The summed E-state index contributed by atoms with van der Waals surface area (Å²) in [5.74, 6) is -0.0717. The van der Waals surface area contributed by atoms with Gasteiger partial charge in [0.05, 0.1) is 11.7 Å². The number of hydrogen-bond donors (Lipinski definition) is 2. The Hall–Kier alpha value is -2.36. The first kappa shape index (κ1) is 14.1. The Labute approximate surface area is 119 Å². The number of aryl methyl sites for hydroxylation is 1. The summed E-state index contributed by atoms with van der Waals surface area (Å²) in [6, 6.07) is 11.8. The fourth-order valence-corrected chi connectivity index (χ4v) is 2.00. The van der Waals surface area contributed by atoms with Crippen LogP contribution in [-0.4, -0.2) is 10.9 Å². The fourth-order valence-electron chi connectivity index (χ4n) is 2.00. The van der Waals surface area contributed by atoms with Gasteiger partial charge in [0.25, 0.3) is 0 Å². The summed E-state index contributed by atoms with van der Waals surface area (Å²) in [6.45, 7) is 5.60. The quantitative estimate of drug-likeness (QED) is 0.893. The number of amides is 1. The van der Waals surface area contributed by atoms with Gasteiger partial charge in [0.2, 0.25) is 5.91 Å². The summed E-state index contributed by atoms with van der Waals surface area (Å²) < 4.78 is 0. The molecule has 1 atom stereocenters. The van der Waals surface area contributed by atoms with E-state index < -0.39 is 0 Å². The lowest BCUT2D eigenvalue weighted by Crippen LogP contribution is -2.10. The third kappa shape index (κ3) is 3.57. The van der Waals surface area contributed by atoms with E-state index in [-0.39, 0.29) is 11.9 Å². The molecular weight excluding hydrogens is 250 g/mol. The molecule has 0 saturated heterocycles. The van der Waals surface area contributed by atoms with Crippen molar-refractivity contribution >= 4 is 17.3 Å². The van der Waals surface area contributed by atoms with Crippen molar-refractivity contribution in [2.75, 3.05) is 10.6 Å². The molecule has 1 aromatic heterocycles. The Morgan fingerprint density at radius 2 is 2.05 bits per heavy atom. The third-order valence-electron chi connectivity index (χ3n) is 3.06. The molecule has 0 radical (unpaired) electrons. The van der Waals surface area contributed by atoms with Crippen molar-refractivity contribution in [2.45, 2.75) is 26.8 Å². The molecule has 1 aromatic carbocycles. The summed E-state index contributed by atoms with van der Waals surface area (Å²) in [4.78, 5) is 15.5. The monoisotopic (exact) mass is 269 g/mol. The highest BCUT2D eigenvalue weighted by molar-refractivity contribution is 5.89. The van der Waals surface area contributed by atoms with Gasteiger partial charge in [-0.25, -0.2) is 0 Å². The van der Waals surface area contributed by atoms with Crippen LogP contribution in [0.15, 0.2) is 42.6 Å². The van der Waals surface area contributed by atoms with Gasteiger partial charge < -0.3 is 10.6 Å². The highest BCUT2D eigenvalue weighted by Crippen LogP contribution is 2.24. The van der Waals surface area contributed by atoms with Crippen molar-refractivity contribution in [1.29, 1.82) is 0 Å². The van der Waals surface area contributed by atoms with Gasteiger partial charge in [0.15, 0.2) is 0 Å². The van der Waals surface area contributed by atoms with E-state index in [1.54, 1.807) is 6.20 Å². The van der Waals surface area contributed by atoms with Crippen molar-refractivity contribution in [3.63, 3.8) is 0 Å². The smallest absolute Gasteiger partial charge is 0.221 e. The van der Waals surface area contributed by atoms with Crippen LogP contribution in [0.2, 0.25) is 0 Å². The molecule has 104 valence electrons. The average molecular weight is 269 g/mol. The predicted octanol–water partition coefficient (Wildman–Crippen LogP) is 3.52. The minimum atomic E-state index is -0.0717. The summed E-state index contributed by atoms with van der Waals surface area (Å²) in [5, 5.41) is 6.22. The standard InChI is InChI=1S/C16H19N3O/c1-11-7-8-14(19-13(3)20)10-16(11)18-12(2)15-6-4-5-9-17-15/h4-10,12,18H,1-3H3,(H,19,20). The Kier molecular flexibility index (Phi) is 4.35. The Morgan fingerprint density at radius 3 is 2.70 bits per heavy atom. The minimum Gasteiger partial charge on any atom is -0.377 e. The maximum atomic E-state index is 11.1. The van der Waals surface area contributed by atoms with Gasteiger partial charge in [-0.2, -0.15) is 0 Å². The lowest BCUT2D eigenvalue weighted by molar-refractivity contribution is -0.114. The largest absolute Gasteiger partial charge is 0.377 e. The molecule has 0 aliphatic carbocycles. The average Bonchev–Trinajstić information content (AvgIpc) is 2.43. The molecule has 0 aliphatic heterocycles. The molecule has 1 heterocycles. The molecular formula is C16H19N3O. The number of hydrogen-bond acceptors (Lipinski definition) is 3. The van der Waals surface area contributed by atoms with E-state index in [4.69, 9.17) is 0 Å². The number of benzene rings is 1. The molecule has 20 heavy (non-hydrogen) atoms. The van der Waals surface area contributed by atoms with Gasteiger partial charge in [-0.05, 0) is 43.7 Å². The Morgan fingerprint density at radius 1 is 1.25 bits per heavy atom. The lowest BCUT2D eigenvalue weighted by atomic mass is 10.1. The van der Waals surface area contributed by atoms with E-state index >= 15 is 0 Å². The molecule has 0 bridgehead atoms. The SMILES string of the molecule is CC(=O)Nc1ccc(C)c(NC(C)c2ccccn2)c1. The van der Waals surface area contributed by atoms with E-state index in [0.29, 0.717) is 0 Å². The molecule has 1 amide bonds. The van der Waals surface area contributed by atoms with E-state index in [9.17, 15) is 4.79 Å². The first-order valence-electron chi connectivity index (χ1n) is 6.62. The third-order valence-corrected chi connectivity index (χ3v) is 3.06. The van der Waals surface area contributed by atoms with Gasteiger partial charge in [-0.15, -0.1) is 0 Å². The number of nitrogens with zero attached hydrogens (tertiary/aromatic N) is 1. The zero-order valence-corrected chi connectivity index (χ0v) is 12.0. The van der Waals surface area contributed by atoms with E-state index in [2.05, 4.69) is 22.5 Å². The molecule has 0 saturated carbocycles. The van der Waals surface area contributed by atoms with Crippen molar-refractivity contribution in [1.82, 2.24) is 4.98 Å². The van der Waals surface area contributed by atoms with Gasteiger partial charge in [-0.3, -0.25) is 9.78 Å². The topological polar surface area (TPSA) is 54.0 Å². The maximum Gasteiger partial charge on any atom is 0.221 e. The van der Waals surface area contributed by atoms with E-state index in [1.165, 1.54) is 6.92 Å². The normalized spacial score (nSPS) is 11.8. The van der Waals surface area contributed by atoms with Crippen LogP contribution in [-0.2, 0) is 4.79 Å². The number of pyridine rings is 1. The van der Waals surface area contributed by atoms with Crippen LogP contribution >= 0.6 is 0 Å². The fraction of sp³-hybridized carbons (Fsp3) is 0.250. The number of carbonyl (C=O) groups excluding carboxylic acids is 1. The lowest BCUT2D eigenvalue weighted by Gasteiger charge is -2.17. The molecule has 2 aromatic rings. The summed E-state index contributed by atoms with van der Waals surface area (Å²) in [5.41, 5.74) is 3.90. The number of aromatic nitrogens is 1. The summed E-state index contributed by atoms with van der Waals surface area (Å²) >= 11 is 0. The molecule has 2 rings (SSSR count).